The smallest absolute Gasteiger partial charge is 0.222 e. The van der Waals surface area contributed by atoms with E-state index in [1.54, 1.807) is 6.07 Å². The van der Waals surface area contributed by atoms with Crippen LogP contribution in [-0.4, -0.2) is 33.6 Å². The van der Waals surface area contributed by atoms with Crippen LogP contribution in [0.4, 0.5) is 4.39 Å². The minimum absolute atomic E-state index is 0.0565. The van der Waals surface area contributed by atoms with Gasteiger partial charge in [-0.2, -0.15) is 0 Å². The summed E-state index contributed by atoms with van der Waals surface area (Å²) in [7, 11) is 0. The van der Waals surface area contributed by atoms with Gasteiger partial charge in [0.25, 0.3) is 0 Å². The quantitative estimate of drug-likeness (QED) is 0.759. The number of aromatic nitrogens is 2. The molecule has 1 aromatic heterocycles. The number of nitrogens with zero attached hydrogens (tertiary/aromatic N) is 1. The summed E-state index contributed by atoms with van der Waals surface area (Å²) in [6.07, 6.45) is 0.00204. The topological polar surface area (TPSA) is 78.0 Å². The van der Waals surface area contributed by atoms with Crippen LogP contribution in [0.15, 0.2) is 18.2 Å². The molecule has 1 heterocycles. The zero-order valence-electron chi connectivity index (χ0n) is 12.2. The van der Waals surface area contributed by atoms with Gasteiger partial charge in [0, 0.05) is 13.0 Å². The number of hydrogen-bond acceptors (Lipinski definition) is 3. The van der Waals surface area contributed by atoms with Crippen LogP contribution in [0.2, 0.25) is 0 Å². The summed E-state index contributed by atoms with van der Waals surface area (Å²) in [5.74, 6) is 0.258. The van der Waals surface area contributed by atoms with Crippen molar-refractivity contribution < 1.29 is 14.3 Å². The second kappa shape index (κ2) is 6.67. The lowest BCUT2D eigenvalue weighted by Crippen LogP contribution is -2.31. The number of fused-ring (bicyclic) bond motifs is 1. The number of imidazole rings is 1. The minimum Gasteiger partial charge on any atom is -0.392 e. The van der Waals surface area contributed by atoms with Gasteiger partial charge in [0.15, 0.2) is 0 Å². The number of carbonyl (C=O) groups is 1. The molecule has 5 nitrogen and oxygen atoms in total. The molecule has 1 atom stereocenters. The Morgan fingerprint density at radius 3 is 2.95 bits per heavy atom. The molecular formula is C15H20FN3O2. The third kappa shape index (κ3) is 4.26. The number of benzene rings is 1. The van der Waals surface area contributed by atoms with Gasteiger partial charge in [-0.15, -0.1) is 0 Å². The summed E-state index contributed by atoms with van der Waals surface area (Å²) in [4.78, 5) is 18.9. The Kier molecular flexibility index (Phi) is 4.90. The molecule has 1 aromatic carbocycles. The molecule has 0 aliphatic rings. The summed E-state index contributed by atoms with van der Waals surface area (Å²) >= 11 is 0. The number of amides is 1. The number of H-pyrrole nitrogens is 1. The van der Waals surface area contributed by atoms with Crippen LogP contribution in [0.3, 0.4) is 0 Å². The van der Waals surface area contributed by atoms with Crippen LogP contribution in [0.25, 0.3) is 11.0 Å². The Morgan fingerprint density at radius 1 is 1.48 bits per heavy atom. The maximum absolute atomic E-state index is 13.1. The summed E-state index contributed by atoms with van der Waals surface area (Å²) in [6.45, 7) is 4.16. The molecule has 0 saturated carbocycles. The normalized spacial score (nSPS) is 12.8. The predicted octanol–water partition coefficient (Wildman–Crippen LogP) is 1.77. The van der Waals surface area contributed by atoms with Crippen molar-refractivity contribution in [3.8, 4) is 0 Å². The average Bonchev–Trinajstić information content (AvgIpc) is 2.80. The third-order valence-corrected chi connectivity index (χ3v) is 3.34. The highest BCUT2D eigenvalue weighted by Gasteiger charge is 2.14. The van der Waals surface area contributed by atoms with Crippen molar-refractivity contribution in [2.45, 2.75) is 32.8 Å². The van der Waals surface area contributed by atoms with Crippen LogP contribution in [0.5, 0.6) is 0 Å². The van der Waals surface area contributed by atoms with Gasteiger partial charge in [-0.3, -0.25) is 4.79 Å². The van der Waals surface area contributed by atoms with E-state index >= 15 is 0 Å². The van der Waals surface area contributed by atoms with Gasteiger partial charge in [0.05, 0.1) is 23.6 Å². The molecule has 3 N–H and O–H groups in total. The number of aliphatic hydroxyl groups excluding tert-OH is 1. The van der Waals surface area contributed by atoms with Gasteiger partial charge < -0.3 is 15.4 Å². The molecule has 0 spiro atoms. The van der Waals surface area contributed by atoms with Crippen LogP contribution in [0, 0.1) is 11.7 Å². The molecular weight excluding hydrogens is 273 g/mol. The van der Waals surface area contributed by atoms with E-state index in [1.165, 1.54) is 12.1 Å². The van der Waals surface area contributed by atoms with E-state index in [4.69, 9.17) is 0 Å². The van der Waals surface area contributed by atoms with Gasteiger partial charge in [-0.25, -0.2) is 9.37 Å². The molecule has 1 amide bonds. The van der Waals surface area contributed by atoms with Gasteiger partial charge in [0.2, 0.25) is 5.91 Å². The van der Waals surface area contributed by atoms with Crippen LogP contribution in [-0.2, 0) is 11.2 Å². The van der Waals surface area contributed by atoms with E-state index in [-0.39, 0.29) is 24.1 Å². The van der Waals surface area contributed by atoms with Gasteiger partial charge in [-0.1, -0.05) is 13.8 Å². The van der Waals surface area contributed by atoms with Crippen LogP contribution < -0.4 is 5.32 Å². The maximum Gasteiger partial charge on any atom is 0.222 e. The second-order valence-corrected chi connectivity index (χ2v) is 5.46. The molecule has 0 bridgehead atoms. The van der Waals surface area contributed by atoms with E-state index < -0.39 is 6.10 Å². The highest BCUT2D eigenvalue weighted by Crippen LogP contribution is 2.13. The lowest BCUT2D eigenvalue weighted by Gasteiger charge is -2.13. The van der Waals surface area contributed by atoms with Gasteiger partial charge in [0.1, 0.15) is 11.6 Å². The van der Waals surface area contributed by atoms with E-state index in [0.717, 1.165) is 0 Å². The highest BCUT2D eigenvalue weighted by atomic mass is 19.1. The fraction of sp³-hybridized carbons (Fsp3) is 0.467. The molecule has 21 heavy (non-hydrogen) atoms. The number of aromatic amines is 1. The number of rotatable bonds is 6. The third-order valence-electron chi connectivity index (χ3n) is 3.34. The number of nitrogens with one attached hydrogen (secondary N) is 2. The van der Waals surface area contributed by atoms with Crippen molar-refractivity contribution in [1.82, 2.24) is 15.3 Å². The Bertz CT molecular complexity index is 624. The number of aliphatic hydroxyl groups is 1. The molecule has 114 valence electrons. The zero-order valence-corrected chi connectivity index (χ0v) is 12.2. The van der Waals surface area contributed by atoms with E-state index in [0.29, 0.717) is 29.8 Å². The molecule has 0 saturated heterocycles. The molecule has 2 aromatic rings. The molecule has 0 fully saturated rings. The summed E-state index contributed by atoms with van der Waals surface area (Å²) in [6, 6.07) is 4.37. The van der Waals surface area contributed by atoms with Gasteiger partial charge in [-0.05, 0) is 24.1 Å². The van der Waals surface area contributed by atoms with Crippen molar-refractivity contribution in [3.05, 3.63) is 29.8 Å². The first-order chi connectivity index (χ1) is 9.95. The first-order valence-corrected chi connectivity index (χ1v) is 7.04. The number of halogens is 1. The summed E-state index contributed by atoms with van der Waals surface area (Å²) in [5.41, 5.74) is 1.35. The summed E-state index contributed by atoms with van der Waals surface area (Å²) in [5, 5.41) is 12.4. The molecule has 0 aliphatic heterocycles. The Labute approximate surface area is 122 Å². The molecule has 0 aliphatic carbocycles. The second-order valence-electron chi connectivity index (χ2n) is 5.46. The fourth-order valence-corrected chi connectivity index (χ4v) is 1.97. The van der Waals surface area contributed by atoms with E-state index in [9.17, 15) is 14.3 Å². The van der Waals surface area contributed by atoms with Crippen molar-refractivity contribution >= 4 is 16.9 Å². The highest BCUT2D eigenvalue weighted by molar-refractivity contribution is 5.76. The van der Waals surface area contributed by atoms with Gasteiger partial charge >= 0.3 is 0 Å². The standard InChI is InChI=1S/C15H20FN3O2/c1-9(2)13(20)8-15(21)17-6-5-14-18-11-4-3-10(16)7-12(11)19-14/h3-4,7,9,13,20H,5-6,8H2,1-2H3,(H,17,21)(H,18,19). The maximum atomic E-state index is 13.1. The lowest BCUT2D eigenvalue weighted by atomic mass is 10.0. The lowest BCUT2D eigenvalue weighted by molar-refractivity contribution is -0.123. The SMILES string of the molecule is CC(C)C(O)CC(=O)NCCc1nc2ccc(F)cc2[nH]1. The largest absolute Gasteiger partial charge is 0.392 e. The molecule has 2 rings (SSSR count). The zero-order chi connectivity index (χ0) is 15.4. The van der Waals surface area contributed by atoms with E-state index in [2.05, 4.69) is 15.3 Å². The van der Waals surface area contributed by atoms with Crippen molar-refractivity contribution in [1.29, 1.82) is 0 Å². The molecule has 1 unspecified atom stereocenters. The number of hydrogen-bond donors (Lipinski definition) is 3. The van der Waals surface area contributed by atoms with Crippen LogP contribution in [0.1, 0.15) is 26.1 Å². The fourth-order valence-electron chi connectivity index (χ4n) is 1.97. The van der Waals surface area contributed by atoms with E-state index in [1.807, 2.05) is 13.8 Å². The molecule has 6 heteroatoms. The molecule has 0 radical (unpaired) electrons. The van der Waals surface area contributed by atoms with Crippen molar-refractivity contribution in [3.63, 3.8) is 0 Å². The Hall–Kier alpha value is -1.95. The van der Waals surface area contributed by atoms with Crippen molar-refractivity contribution in [2.75, 3.05) is 6.54 Å². The Morgan fingerprint density at radius 2 is 2.24 bits per heavy atom. The minimum atomic E-state index is -0.626. The first-order valence-electron chi connectivity index (χ1n) is 7.04. The number of carbonyl (C=O) groups excluding carboxylic acids is 1. The van der Waals surface area contributed by atoms with Crippen LogP contribution >= 0.6 is 0 Å². The monoisotopic (exact) mass is 293 g/mol. The van der Waals surface area contributed by atoms with Crippen molar-refractivity contribution in [2.24, 2.45) is 5.92 Å². The Balaban J connectivity index is 1.83. The predicted molar refractivity (Wildman–Crippen MR) is 78.2 cm³/mol. The average molecular weight is 293 g/mol. The summed E-state index contributed by atoms with van der Waals surface area (Å²) < 4.78 is 13.1. The first kappa shape index (κ1) is 15.4.